The second-order valence-corrected chi connectivity index (χ2v) is 10.4. The molecule has 1 amide bonds. The van der Waals surface area contributed by atoms with Crippen LogP contribution in [0.4, 0.5) is 14.5 Å². The molecule has 1 heterocycles. The average Bonchev–Trinajstić information content (AvgIpc) is 2.97. The Morgan fingerprint density at radius 3 is 2.71 bits per heavy atom. The number of nitrogens with one attached hydrogen (secondary N) is 1. The van der Waals surface area contributed by atoms with Crippen LogP contribution in [0.15, 0.2) is 81.5 Å². The molecular formula is C27H23ClF2N2OS. The lowest BCUT2D eigenvalue weighted by Crippen LogP contribution is -2.45. The summed E-state index contributed by atoms with van der Waals surface area (Å²) in [6.45, 7) is 1.77. The third-order valence-corrected chi connectivity index (χ3v) is 7.73. The highest BCUT2D eigenvalue weighted by atomic mass is 35.5. The maximum atomic E-state index is 13.7. The first-order chi connectivity index (χ1) is 16.3. The van der Waals surface area contributed by atoms with Crippen molar-refractivity contribution in [2.45, 2.75) is 47.9 Å². The fourth-order valence-corrected chi connectivity index (χ4v) is 5.76. The van der Waals surface area contributed by atoms with E-state index in [0.717, 1.165) is 26.6 Å². The number of aliphatic imine (C=N–C) groups is 1. The summed E-state index contributed by atoms with van der Waals surface area (Å²) in [6, 6.07) is 20.8. The van der Waals surface area contributed by atoms with Gasteiger partial charge < -0.3 is 5.32 Å². The van der Waals surface area contributed by atoms with Crippen LogP contribution >= 0.6 is 23.4 Å². The molecule has 7 heteroatoms. The standard InChI is InChI=1S/C27H23ClF2N2OS/c1-16-15-27(29,30)12-11-21(16)32-26(33)18-9-10-24-22(14-18)31-25(17-5-4-6-19(28)13-17)20-7-2-3-8-23(20)34-24/h2-10,13-14,16,21H,11-12,15H2,1H3,(H,32,33)/t16-,21?/m1/s1. The minimum Gasteiger partial charge on any atom is -0.349 e. The number of carbonyl (C=O) groups excluding carboxylic acids is 1. The zero-order valence-corrected chi connectivity index (χ0v) is 20.1. The molecule has 3 aromatic rings. The van der Waals surface area contributed by atoms with Gasteiger partial charge in [0.15, 0.2) is 0 Å². The largest absolute Gasteiger partial charge is 0.349 e. The molecule has 3 aromatic carbocycles. The van der Waals surface area contributed by atoms with Gasteiger partial charge in [-0.1, -0.05) is 60.6 Å². The maximum absolute atomic E-state index is 13.7. The molecule has 1 saturated carbocycles. The first-order valence-electron chi connectivity index (χ1n) is 11.2. The van der Waals surface area contributed by atoms with Crippen LogP contribution in [0.25, 0.3) is 0 Å². The average molecular weight is 497 g/mol. The van der Waals surface area contributed by atoms with E-state index >= 15 is 0 Å². The molecule has 1 N–H and O–H groups in total. The van der Waals surface area contributed by atoms with Gasteiger partial charge in [-0.15, -0.1) is 0 Å². The van der Waals surface area contributed by atoms with Crippen molar-refractivity contribution in [3.05, 3.63) is 88.4 Å². The van der Waals surface area contributed by atoms with Crippen LogP contribution in [-0.2, 0) is 0 Å². The zero-order valence-electron chi connectivity index (χ0n) is 18.5. The van der Waals surface area contributed by atoms with Crippen LogP contribution < -0.4 is 5.32 Å². The topological polar surface area (TPSA) is 41.5 Å². The molecular weight excluding hydrogens is 474 g/mol. The number of hydrogen-bond acceptors (Lipinski definition) is 3. The lowest BCUT2D eigenvalue weighted by molar-refractivity contribution is -0.0576. The monoisotopic (exact) mass is 496 g/mol. The van der Waals surface area contributed by atoms with Gasteiger partial charge in [0.2, 0.25) is 5.92 Å². The Morgan fingerprint density at radius 2 is 1.91 bits per heavy atom. The normalized spacial score (nSPS) is 21.0. The number of fused-ring (bicyclic) bond motifs is 2. The molecule has 34 heavy (non-hydrogen) atoms. The van der Waals surface area contributed by atoms with E-state index in [4.69, 9.17) is 16.6 Å². The molecule has 1 aliphatic carbocycles. The fraction of sp³-hybridized carbons (Fsp3) is 0.259. The molecule has 0 radical (unpaired) electrons. The maximum Gasteiger partial charge on any atom is 0.251 e. The zero-order chi connectivity index (χ0) is 23.9. The van der Waals surface area contributed by atoms with Crippen molar-refractivity contribution in [1.82, 2.24) is 5.32 Å². The summed E-state index contributed by atoms with van der Waals surface area (Å²) in [5.41, 5.74) is 3.82. The van der Waals surface area contributed by atoms with Gasteiger partial charge >= 0.3 is 0 Å². The second kappa shape index (κ2) is 9.16. The number of halogens is 3. The molecule has 1 fully saturated rings. The van der Waals surface area contributed by atoms with Crippen LogP contribution in [0.5, 0.6) is 0 Å². The van der Waals surface area contributed by atoms with Gasteiger partial charge in [-0.25, -0.2) is 13.8 Å². The van der Waals surface area contributed by atoms with Crippen LogP contribution in [0.2, 0.25) is 5.02 Å². The fourth-order valence-electron chi connectivity index (χ4n) is 4.57. The molecule has 1 aliphatic heterocycles. The third-order valence-electron chi connectivity index (χ3n) is 6.36. The Balaban J connectivity index is 1.49. The first kappa shape index (κ1) is 23.1. The Bertz CT molecular complexity index is 1290. The van der Waals surface area contributed by atoms with E-state index in [1.807, 2.05) is 48.5 Å². The summed E-state index contributed by atoms with van der Waals surface area (Å²) in [6.07, 6.45) is -0.133. The third kappa shape index (κ3) is 4.75. The SMILES string of the molecule is C[C@@H]1CC(F)(F)CCC1NC(=O)c1ccc2c(c1)N=C(c1cccc(Cl)c1)c1ccccc1S2. The van der Waals surface area contributed by atoms with Crippen LogP contribution in [0, 0.1) is 5.92 Å². The van der Waals surface area contributed by atoms with E-state index < -0.39 is 5.92 Å². The number of benzene rings is 3. The highest BCUT2D eigenvalue weighted by molar-refractivity contribution is 7.99. The molecule has 2 aliphatic rings. The quantitative estimate of drug-likeness (QED) is 0.318. The molecule has 0 bridgehead atoms. The number of rotatable bonds is 3. The van der Waals surface area contributed by atoms with E-state index in [1.165, 1.54) is 0 Å². The summed E-state index contributed by atoms with van der Waals surface area (Å²) in [7, 11) is 0. The first-order valence-corrected chi connectivity index (χ1v) is 12.4. The van der Waals surface area contributed by atoms with Gasteiger partial charge in [-0.2, -0.15) is 0 Å². The number of nitrogens with zero attached hydrogens (tertiary/aromatic N) is 1. The highest BCUT2D eigenvalue weighted by Gasteiger charge is 2.40. The lowest BCUT2D eigenvalue weighted by Gasteiger charge is -2.34. The van der Waals surface area contributed by atoms with Crippen LogP contribution in [0.1, 0.15) is 47.7 Å². The Hall–Kier alpha value is -2.70. The predicted molar refractivity (Wildman–Crippen MR) is 133 cm³/mol. The van der Waals surface area contributed by atoms with E-state index in [1.54, 1.807) is 30.8 Å². The molecule has 3 nitrogen and oxygen atoms in total. The minimum atomic E-state index is -2.65. The van der Waals surface area contributed by atoms with Crippen molar-refractivity contribution in [1.29, 1.82) is 0 Å². The Kier molecular flexibility index (Phi) is 6.21. The van der Waals surface area contributed by atoms with Gasteiger partial charge in [0.05, 0.1) is 11.4 Å². The van der Waals surface area contributed by atoms with Crippen LogP contribution in [-0.4, -0.2) is 23.6 Å². The molecule has 0 saturated heterocycles. The van der Waals surface area contributed by atoms with E-state index in [0.29, 0.717) is 16.3 Å². The summed E-state index contributed by atoms with van der Waals surface area (Å²) in [5, 5.41) is 3.59. The van der Waals surface area contributed by atoms with Crippen molar-refractivity contribution in [3.8, 4) is 0 Å². The lowest BCUT2D eigenvalue weighted by atomic mass is 9.83. The number of hydrogen-bond donors (Lipinski definition) is 1. The summed E-state index contributed by atoms with van der Waals surface area (Å²) in [5.74, 6) is -3.20. The highest BCUT2D eigenvalue weighted by Crippen LogP contribution is 2.42. The number of alkyl halides is 2. The van der Waals surface area contributed by atoms with Crippen molar-refractivity contribution < 1.29 is 13.6 Å². The number of carbonyl (C=O) groups is 1. The summed E-state index contributed by atoms with van der Waals surface area (Å²) < 4.78 is 27.4. The van der Waals surface area contributed by atoms with Gasteiger partial charge in [-0.05, 0) is 48.7 Å². The van der Waals surface area contributed by atoms with Crippen molar-refractivity contribution in [2.24, 2.45) is 10.9 Å². The molecule has 0 spiro atoms. The summed E-state index contributed by atoms with van der Waals surface area (Å²) in [4.78, 5) is 20.0. The van der Waals surface area contributed by atoms with Crippen molar-refractivity contribution in [2.75, 3.05) is 0 Å². The molecule has 2 atom stereocenters. The van der Waals surface area contributed by atoms with E-state index in [9.17, 15) is 13.6 Å². The molecule has 0 aromatic heterocycles. The van der Waals surface area contributed by atoms with Crippen LogP contribution in [0.3, 0.4) is 0 Å². The van der Waals surface area contributed by atoms with Crippen molar-refractivity contribution >= 4 is 40.7 Å². The molecule has 1 unspecified atom stereocenters. The molecule has 174 valence electrons. The van der Waals surface area contributed by atoms with Gasteiger partial charge in [-0.3, -0.25) is 4.79 Å². The number of amides is 1. The smallest absolute Gasteiger partial charge is 0.251 e. The Morgan fingerprint density at radius 1 is 1.09 bits per heavy atom. The molecule has 5 rings (SSSR count). The van der Waals surface area contributed by atoms with E-state index in [-0.39, 0.29) is 37.1 Å². The minimum absolute atomic E-state index is 0.200. The van der Waals surface area contributed by atoms with E-state index in [2.05, 4.69) is 11.4 Å². The summed E-state index contributed by atoms with van der Waals surface area (Å²) >= 11 is 7.86. The van der Waals surface area contributed by atoms with Gasteiger partial charge in [0.1, 0.15) is 0 Å². The second-order valence-electron chi connectivity index (χ2n) is 8.91. The van der Waals surface area contributed by atoms with Gasteiger partial charge in [0, 0.05) is 50.4 Å². The van der Waals surface area contributed by atoms with Gasteiger partial charge in [0.25, 0.3) is 5.91 Å². The Labute approximate surface area is 206 Å². The predicted octanol–water partition coefficient (Wildman–Crippen LogP) is 7.53. The van der Waals surface area contributed by atoms with Crippen molar-refractivity contribution in [3.63, 3.8) is 0 Å².